The zero-order valence-corrected chi connectivity index (χ0v) is 20.8. The van der Waals surface area contributed by atoms with E-state index in [1.54, 1.807) is 12.1 Å². The minimum atomic E-state index is -1.50. The van der Waals surface area contributed by atoms with E-state index in [9.17, 15) is 30.2 Å². The van der Waals surface area contributed by atoms with Crippen LogP contribution in [0.3, 0.4) is 0 Å². The number of piperazine rings is 1. The van der Waals surface area contributed by atoms with E-state index in [0.717, 1.165) is 13.1 Å². The Morgan fingerprint density at radius 1 is 1.28 bits per heavy atom. The van der Waals surface area contributed by atoms with E-state index in [1.165, 1.54) is 16.8 Å². The van der Waals surface area contributed by atoms with Gasteiger partial charge in [0.25, 0.3) is 11.2 Å². The lowest BCUT2D eigenvalue weighted by atomic mass is 10.1. The Balaban J connectivity index is 1.45. The Bertz CT molecular complexity index is 1470. The van der Waals surface area contributed by atoms with E-state index >= 15 is 0 Å². The van der Waals surface area contributed by atoms with Gasteiger partial charge in [0.05, 0.1) is 17.7 Å². The molecule has 3 aromatic rings. The summed E-state index contributed by atoms with van der Waals surface area (Å²) < 4.78 is 6.79. The van der Waals surface area contributed by atoms with Crippen LogP contribution in [0.4, 0.5) is 23.3 Å². The second kappa shape index (κ2) is 10.5. The normalized spacial score (nSPS) is 24.2. The van der Waals surface area contributed by atoms with E-state index < -0.39 is 41.6 Å². The lowest BCUT2D eigenvalue weighted by molar-refractivity contribution is -0.384. The molecular weight excluding hydrogens is 516 g/mol. The number of nitrogens with zero attached hydrogens (tertiary/aromatic N) is 7. The van der Waals surface area contributed by atoms with Gasteiger partial charge in [0.1, 0.15) is 24.0 Å². The molecular formula is C22H28N10O7. The zero-order valence-electron chi connectivity index (χ0n) is 20.8. The van der Waals surface area contributed by atoms with Gasteiger partial charge in [-0.25, -0.2) is 10.4 Å². The molecule has 0 unspecified atom stereocenters. The molecule has 2 aliphatic heterocycles. The molecule has 4 atom stereocenters. The standard InChI is InChI=1S/C22H28N10O7/c1-29-4-6-30(7-5-29)12-3-2-11(8-13(12)32(37)38)9-24-28-22-25-15-18(26-21(23)27-19(15)36)31(22)20-17(35)16(34)14(10-33)39-20/h2-3,8-9,14,16-17,20,33-35H,4-7,10H2,1H3,(H,25,28)(H3,23,26,27,36)/b24-9-/t14-,16+,17+,20-/m1/s1. The predicted molar refractivity (Wildman–Crippen MR) is 140 cm³/mol. The highest BCUT2D eigenvalue weighted by atomic mass is 16.6. The first-order valence-electron chi connectivity index (χ1n) is 12.1. The van der Waals surface area contributed by atoms with E-state index in [1.807, 2.05) is 11.9 Å². The van der Waals surface area contributed by atoms with Crippen LogP contribution >= 0.6 is 0 Å². The molecule has 2 saturated heterocycles. The van der Waals surface area contributed by atoms with Gasteiger partial charge >= 0.3 is 0 Å². The number of nitro groups is 1. The first-order valence-corrected chi connectivity index (χ1v) is 12.1. The number of hydrazone groups is 1. The number of nitrogens with one attached hydrogen (secondary N) is 2. The maximum absolute atomic E-state index is 12.4. The maximum atomic E-state index is 12.4. The highest BCUT2D eigenvalue weighted by Gasteiger charge is 2.45. The molecule has 5 rings (SSSR count). The summed E-state index contributed by atoms with van der Waals surface area (Å²) in [6.07, 6.45) is -3.99. The van der Waals surface area contributed by atoms with Gasteiger partial charge in [0.15, 0.2) is 17.4 Å². The number of rotatable bonds is 7. The van der Waals surface area contributed by atoms with Crippen molar-refractivity contribution in [3.05, 3.63) is 44.2 Å². The third-order valence-corrected chi connectivity index (χ3v) is 6.76. The van der Waals surface area contributed by atoms with Crippen molar-refractivity contribution in [3.8, 4) is 0 Å². The van der Waals surface area contributed by atoms with Crippen LogP contribution in [0.1, 0.15) is 11.8 Å². The summed E-state index contributed by atoms with van der Waals surface area (Å²) in [5.74, 6) is -0.313. The molecule has 4 heterocycles. The van der Waals surface area contributed by atoms with E-state index in [-0.39, 0.29) is 28.7 Å². The Morgan fingerprint density at radius 2 is 2.03 bits per heavy atom. The number of fused-ring (bicyclic) bond motifs is 1. The summed E-state index contributed by atoms with van der Waals surface area (Å²) in [5, 5.41) is 46.2. The third-order valence-electron chi connectivity index (χ3n) is 6.76. The van der Waals surface area contributed by atoms with Crippen molar-refractivity contribution >= 4 is 40.6 Å². The summed E-state index contributed by atoms with van der Waals surface area (Å²) >= 11 is 0. The van der Waals surface area contributed by atoms with Crippen LogP contribution in [-0.4, -0.2) is 109 Å². The van der Waals surface area contributed by atoms with E-state index in [2.05, 4.69) is 30.4 Å². The maximum Gasteiger partial charge on any atom is 0.293 e. The van der Waals surface area contributed by atoms with Crippen molar-refractivity contribution in [1.29, 1.82) is 0 Å². The second-order valence-electron chi connectivity index (χ2n) is 9.32. The molecule has 2 aromatic heterocycles. The van der Waals surface area contributed by atoms with Crippen molar-refractivity contribution in [2.45, 2.75) is 24.5 Å². The van der Waals surface area contributed by atoms with Crippen LogP contribution < -0.4 is 21.6 Å². The number of H-pyrrole nitrogens is 1. The number of nitrogens with two attached hydrogens (primary N) is 1. The summed E-state index contributed by atoms with van der Waals surface area (Å²) in [7, 11) is 2.00. The lowest BCUT2D eigenvalue weighted by Gasteiger charge is -2.33. The quantitative estimate of drug-likeness (QED) is 0.112. The Labute approximate surface area is 220 Å². The summed E-state index contributed by atoms with van der Waals surface area (Å²) in [6, 6.07) is 4.76. The molecule has 0 radical (unpaired) electrons. The van der Waals surface area contributed by atoms with Gasteiger partial charge in [-0.2, -0.15) is 10.1 Å². The molecule has 2 aliphatic rings. The zero-order chi connectivity index (χ0) is 27.8. The number of nitrogen functional groups attached to an aromatic ring is 1. The fourth-order valence-electron chi connectivity index (χ4n) is 4.66. The molecule has 17 heteroatoms. The molecule has 0 spiro atoms. The molecule has 7 N–H and O–H groups in total. The molecule has 2 fully saturated rings. The minimum Gasteiger partial charge on any atom is -0.394 e. The highest BCUT2D eigenvalue weighted by molar-refractivity contribution is 5.84. The van der Waals surface area contributed by atoms with Crippen molar-refractivity contribution in [1.82, 2.24) is 24.4 Å². The van der Waals surface area contributed by atoms with Crippen molar-refractivity contribution in [3.63, 3.8) is 0 Å². The Kier molecular flexibility index (Phi) is 7.15. The number of aliphatic hydroxyl groups excluding tert-OH is 3. The molecule has 1 aromatic carbocycles. The third kappa shape index (κ3) is 5.00. The van der Waals surface area contributed by atoms with Crippen LogP contribution in [0.5, 0.6) is 0 Å². The minimum absolute atomic E-state index is 0.0593. The van der Waals surface area contributed by atoms with Gasteiger partial charge in [-0.15, -0.1) is 0 Å². The number of aromatic nitrogens is 4. The number of aliphatic hydroxyl groups is 3. The Morgan fingerprint density at radius 3 is 2.69 bits per heavy atom. The smallest absolute Gasteiger partial charge is 0.293 e. The van der Waals surface area contributed by atoms with Gasteiger partial charge in [0, 0.05) is 37.8 Å². The average molecular weight is 545 g/mol. The number of benzene rings is 1. The second-order valence-corrected chi connectivity index (χ2v) is 9.32. The number of ether oxygens (including phenoxy) is 1. The molecule has 17 nitrogen and oxygen atoms in total. The fraction of sp³-hybridized carbons (Fsp3) is 0.455. The summed E-state index contributed by atoms with van der Waals surface area (Å²) in [6.45, 7) is 2.36. The molecule has 0 amide bonds. The van der Waals surface area contributed by atoms with Gasteiger partial charge in [-0.1, -0.05) is 6.07 Å². The number of likely N-dealkylation sites (N-methyl/N-ethyl adjacent to an activating group) is 1. The highest BCUT2D eigenvalue weighted by Crippen LogP contribution is 2.34. The molecule has 39 heavy (non-hydrogen) atoms. The predicted octanol–water partition coefficient (Wildman–Crippen LogP) is -1.58. The average Bonchev–Trinajstić information content (AvgIpc) is 3.40. The Hall–Kier alpha value is -4.16. The number of hydrogen-bond acceptors (Lipinski definition) is 14. The van der Waals surface area contributed by atoms with E-state index in [0.29, 0.717) is 24.3 Å². The van der Waals surface area contributed by atoms with Crippen LogP contribution in [-0.2, 0) is 4.74 Å². The molecule has 0 bridgehead atoms. The topological polar surface area (TPSA) is 234 Å². The van der Waals surface area contributed by atoms with Crippen LogP contribution in [0, 0.1) is 10.1 Å². The molecule has 0 aliphatic carbocycles. The van der Waals surface area contributed by atoms with E-state index in [4.69, 9.17) is 10.5 Å². The number of aromatic amines is 1. The van der Waals surface area contributed by atoms with Crippen molar-refractivity contribution in [2.75, 3.05) is 55.9 Å². The molecule has 0 saturated carbocycles. The number of hydrogen-bond donors (Lipinski definition) is 6. The first-order chi connectivity index (χ1) is 18.7. The number of imidazole rings is 1. The monoisotopic (exact) mass is 544 g/mol. The van der Waals surface area contributed by atoms with Gasteiger partial charge in [0.2, 0.25) is 11.9 Å². The van der Waals surface area contributed by atoms with Gasteiger partial charge < -0.3 is 35.6 Å². The largest absolute Gasteiger partial charge is 0.394 e. The number of nitro benzene ring substituents is 1. The SMILES string of the molecule is CN1CCN(c2ccc(/C=N\Nc3nc4c(=O)[nH]c(N)nc4n3[C@@H]3O[C@H](CO)[C@H](O)[C@@H]3O)cc2[N+](=O)[O-])CC1. The van der Waals surface area contributed by atoms with Crippen LogP contribution in [0.15, 0.2) is 28.1 Å². The van der Waals surface area contributed by atoms with Gasteiger partial charge in [-0.05, 0) is 13.1 Å². The van der Waals surface area contributed by atoms with Gasteiger partial charge in [-0.3, -0.25) is 24.5 Å². The number of anilines is 3. The van der Waals surface area contributed by atoms with Crippen molar-refractivity contribution in [2.24, 2.45) is 5.10 Å². The fourth-order valence-corrected chi connectivity index (χ4v) is 4.66. The summed E-state index contributed by atoms with van der Waals surface area (Å²) in [4.78, 5) is 38.5. The first kappa shape index (κ1) is 26.4. The van der Waals surface area contributed by atoms with Crippen LogP contribution in [0.25, 0.3) is 11.2 Å². The molecule has 208 valence electrons. The van der Waals surface area contributed by atoms with Crippen molar-refractivity contribution < 1.29 is 25.0 Å². The summed E-state index contributed by atoms with van der Waals surface area (Å²) in [5.41, 5.74) is 8.35. The lowest BCUT2D eigenvalue weighted by Crippen LogP contribution is -2.44. The van der Waals surface area contributed by atoms with Crippen LogP contribution in [0.2, 0.25) is 0 Å².